The summed E-state index contributed by atoms with van der Waals surface area (Å²) in [7, 11) is 0. The van der Waals surface area contributed by atoms with Crippen LogP contribution >= 0.6 is 11.3 Å². The van der Waals surface area contributed by atoms with Gasteiger partial charge in [-0.3, -0.25) is 4.79 Å². The van der Waals surface area contributed by atoms with E-state index >= 15 is 0 Å². The molecule has 1 aliphatic carbocycles. The Morgan fingerprint density at radius 2 is 1.96 bits per heavy atom. The molecule has 0 spiro atoms. The molecule has 1 aliphatic rings. The Morgan fingerprint density at radius 1 is 1.20 bits per heavy atom. The predicted molar refractivity (Wildman–Crippen MR) is 101 cm³/mol. The number of thiophene rings is 1. The van der Waals surface area contributed by atoms with Gasteiger partial charge in [0, 0.05) is 23.0 Å². The number of carbonyl (C=O) groups excluding carboxylic acids is 2. The van der Waals surface area contributed by atoms with Crippen LogP contribution in [0.4, 0.5) is 10.5 Å². The second kappa shape index (κ2) is 8.16. The Morgan fingerprint density at radius 3 is 2.60 bits per heavy atom. The van der Waals surface area contributed by atoms with Gasteiger partial charge in [-0.1, -0.05) is 18.2 Å². The largest absolute Gasteiger partial charge is 0.338 e. The summed E-state index contributed by atoms with van der Waals surface area (Å²) in [4.78, 5) is 25.0. The first-order chi connectivity index (χ1) is 12.1. The van der Waals surface area contributed by atoms with Gasteiger partial charge in [-0.05, 0) is 55.3 Å². The summed E-state index contributed by atoms with van der Waals surface area (Å²) in [6, 6.07) is 11.4. The summed E-state index contributed by atoms with van der Waals surface area (Å²) in [5.74, 6) is 0.294. The minimum atomic E-state index is -0.171. The van der Waals surface area contributed by atoms with Crippen LogP contribution in [0.25, 0.3) is 0 Å². The van der Waals surface area contributed by atoms with Crippen LogP contribution in [0.3, 0.4) is 0 Å². The van der Waals surface area contributed by atoms with E-state index in [0.29, 0.717) is 6.54 Å². The third kappa shape index (κ3) is 5.32. The van der Waals surface area contributed by atoms with Crippen LogP contribution in [0, 0.1) is 5.92 Å². The number of anilines is 1. The van der Waals surface area contributed by atoms with Crippen molar-refractivity contribution in [3.05, 3.63) is 52.2 Å². The van der Waals surface area contributed by atoms with Gasteiger partial charge < -0.3 is 16.0 Å². The van der Waals surface area contributed by atoms with Crippen LogP contribution in [-0.4, -0.2) is 18.5 Å². The van der Waals surface area contributed by atoms with Crippen molar-refractivity contribution in [1.29, 1.82) is 0 Å². The molecule has 0 aliphatic heterocycles. The Balaban J connectivity index is 1.42. The van der Waals surface area contributed by atoms with E-state index in [0.717, 1.165) is 30.5 Å². The average Bonchev–Trinajstić information content (AvgIpc) is 3.33. The molecule has 1 aromatic carbocycles. The molecule has 0 saturated heterocycles. The molecule has 3 rings (SSSR count). The minimum Gasteiger partial charge on any atom is -0.338 e. The van der Waals surface area contributed by atoms with E-state index in [1.54, 1.807) is 11.3 Å². The summed E-state index contributed by atoms with van der Waals surface area (Å²) in [5.41, 5.74) is 1.80. The zero-order chi connectivity index (χ0) is 17.6. The fourth-order valence-corrected chi connectivity index (χ4v) is 3.24. The van der Waals surface area contributed by atoms with E-state index in [-0.39, 0.29) is 23.9 Å². The normalized spacial score (nSPS) is 14.6. The summed E-state index contributed by atoms with van der Waals surface area (Å²) in [6.45, 7) is 2.56. The van der Waals surface area contributed by atoms with E-state index in [1.807, 2.05) is 42.6 Å². The molecule has 1 saturated carbocycles. The molecule has 2 aromatic rings. The van der Waals surface area contributed by atoms with Crippen LogP contribution < -0.4 is 16.0 Å². The van der Waals surface area contributed by atoms with Crippen molar-refractivity contribution >= 4 is 29.0 Å². The van der Waals surface area contributed by atoms with Gasteiger partial charge in [-0.2, -0.15) is 0 Å². The van der Waals surface area contributed by atoms with Crippen LogP contribution in [0.15, 0.2) is 41.8 Å². The summed E-state index contributed by atoms with van der Waals surface area (Å²) in [6.07, 6.45) is 2.83. The lowest BCUT2D eigenvalue weighted by atomic mass is 10.1. The first-order valence-electron chi connectivity index (χ1n) is 8.59. The van der Waals surface area contributed by atoms with Crippen molar-refractivity contribution in [3.8, 4) is 0 Å². The Labute approximate surface area is 151 Å². The van der Waals surface area contributed by atoms with Crippen molar-refractivity contribution in [1.82, 2.24) is 10.6 Å². The van der Waals surface area contributed by atoms with Gasteiger partial charge in [0.05, 0.1) is 6.04 Å². The van der Waals surface area contributed by atoms with Gasteiger partial charge in [-0.25, -0.2) is 4.79 Å². The highest BCUT2D eigenvalue weighted by molar-refractivity contribution is 7.09. The highest BCUT2D eigenvalue weighted by Crippen LogP contribution is 2.30. The summed E-state index contributed by atoms with van der Waals surface area (Å²) >= 11 is 1.69. The summed E-state index contributed by atoms with van der Waals surface area (Å²) < 4.78 is 0. The number of urea groups is 1. The maximum atomic E-state index is 12.0. The van der Waals surface area contributed by atoms with Crippen molar-refractivity contribution in [2.75, 3.05) is 11.9 Å². The van der Waals surface area contributed by atoms with Crippen molar-refractivity contribution < 1.29 is 9.59 Å². The van der Waals surface area contributed by atoms with Crippen molar-refractivity contribution in [2.45, 2.75) is 32.2 Å². The second-order valence-corrected chi connectivity index (χ2v) is 7.37. The van der Waals surface area contributed by atoms with Gasteiger partial charge in [0.25, 0.3) is 0 Å². The standard InChI is InChI=1S/C19H23N3O2S/c1-13(21-19(24)20-11-10-17-3-2-12-25-17)14-6-8-16(9-7-14)22-18(23)15-4-5-15/h2-3,6-9,12-13,15H,4-5,10-11H2,1H3,(H,22,23)(H2,20,21,24). The fraction of sp³-hybridized carbons (Fsp3) is 0.368. The highest BCUT2D eigenvalue weighted by Gasteiger charge is 2.29. The number of carbonyl (C=O) groups is 2. The quantitative estimate of drug-likeness (QED) is 0.707. The second-order valence-electron chi connectivity index (χ2n) is 6.34. The topological polar surface area (TPSA) is 70.2 Å². The van der Waals surface area contributed by atoms with Crippen molar-refractivity contribution in [3.63, 3.8) is 0 Å². The lowest BCUT2D eigenvalue weighted by molar-refractivity contribution is -0.117. The first kappa shape index (κ1) is 17.5. The number of benzene rings is 1. The minimum absolute atomic E-state index is 0.101. The lowest BCUT2D eigenvalue weighted by Crippen LogP contribution is -2.37. The third-order valence-electron chi connectivity index (χ3n) is 4.21. The van der Waals surface area contributed by atoms with E-state index in [4.69, 9.17) is 0 Å². The van der Waals surface area contributed by atoms with E-state index in [9.17, 15) is 9.59 Å². The maximum Gasteiger partial charge on any atom is 0.315 e. The zero-order valence-electron chi connectivity index (χ0n) is 14.2. The molecule has 6 heteroatoms. The molecule has 1 fully saturated rings. The number of nitrogens with one attached hydrogen (secondary N) is 3. The van der Waals surface area contributed by atoms with Gasteiger partial charge in [-0.15, -0.1) is 11.3 Å². The van der Waals surface area contributed by atoms with Gasteiger partial charge in [0.15, 0.2) is 0 Å². The van der Waals surface area contributed by atoms with Crippen LogP contribution in [0.5, 0.6) is 0 Å². The Bertz CT molecular complexity index is 709. The molecule has 1 unspecified atom stereocenters. The molecular weight excluding hydrogens is 334 g/mol. The third-order valence-corrected chi connectivity index (χ3v) is 5.15. The van der Waals surface area contributed by atoms with E-state index < -0.39 is 0 Å². The van der Waals surface area contributed by atoms with Gasteiger partial charge in [0.2, 0.25) is 5.91 Å². The van der Waals surface area contributed by atoms with Crippen LogP contribution in [-0.2, 0) is 11.2 Å². The number of hydrogen-bond acceptors (Lipinski definition) is 3. The van der Waals surface area contributed by atoms with Crippen LogP contribution in [0.1, 0.15) is 36.2 Å². The molecule has 5 nitrogen and oxygen atoms in total. The monoisotopic (exact) mass is 357 g/mol. The molecule has 3 amide bonds. The number of rotatable bonds is 7. The average molecular weight is 357 g/mol. The molecule has 3 N–H and O–H groups in total. The van der Waals surface area contributed by atoms with Gasteiger partial charge in [0.1, 0.15) is 0 Å². The first-order valence-corrected chi connectivity index (χ1v) is 9.47. The van der Waals surface area contributed by atoms with Crippen LogP contribution in [0.2, 0.25) is 0 Å². The Kier molecular flexibility index (Phi) is 5.71. The fourth-order valence-electron chi connectivity index (χ4n) is 2.53. The molecule has 132 valence electrons. The molecule has 0 bridgehead atoms. The number of amides is 3. The smallest absolute Gasteiger partial charge is 0.315 e. The number of hydrogen-bond donors (Lipinski definition) is 3. The zero-order valence-corrected chi connectivity index (χ0v) is 15.1. The predicted octanol–water partition coefficient (Wildman–Crippen LogP) is 3.70. The lowest BCUT2D eigenvalue weighted by Gasteiger charge is -2.15. The van der Waals surface area contributed by atoms with Gasteiger partial charge >= 0.3 is 6.03 Å². The molecule has 1 atom stereocenters. The molecular formula is C19H23N3O2S. The SMILES string of the molecule is CC(NC(=O)NCCc1cccs1)c1ccc(NC(=O)C2CC2)cc1. The molecule has 25 heavy (non-hydrogen) atoms. The molecule has 1 heterocycles. The highest BCUT2D eigenvalue weighted by atomic mass is 32.1. The molecule has 1 aromatic heterocycles. The summed E-state index contributed by atoms with van der Waals surface area (Å²) in [5, 5.41) is 10.8. The van der Waals surface area contributed by atoms with E-state index in [1.165, 1.54) is 4.88 Å². The van der Waals surface area contributed by atoms with E-state index in [2.05, 4.69) is 22.0 Å². The molecule has 0 radical (unpaired) electrons. The maximum absolute atomic E-state index is 12.0. The van der Waals surface area contributed by atoms with Crippen molar-refractivity contribution in [2.24, 2.45) is 5.92 Å². The Hall–Kier alpha value is -2.34.